The lowest BCUT2D eigenvalue weighted by Crippen LogP contribution is -2.28. The van der Waals surface area contributed by atoms with Crippen molar-refractivity contribution < 1.29 is 26.7 Å². The Labute approximate surface area is 220 Å². The quantitative estimate of drug-likeness (QED) is 0.329. The molecule has 0 aliphatic heterocycles. The Bertz CT molecular complexity index is 1550. The molecule has 0 unspecified atom stereocenters. The first-order valence-electron chi connectivity index (χ1n) is 10.8. The average Bonchev–Trinajstić information content (AvgIpc) is 2.80. The van der Waals surface area contributed by atoms with Crippen molar-refractivity contribution in [2.45, 2.75) is 25.9 Å². The van der Waals surface area contributed by atoms with Gasteiger partial charge in [-0.25, -0.2) is 13.1 Å². The molecule has 1 aromatic heterocycles. The van der Waals surface area contributed by atoms with Crippen LogP contribution in [0.5, 0.6) is 5.75 Å². The Morgan fingerprint density at radius 1 is 1.11 bits per heavy atom. The summed E-state index contributed by atoms with van der Waals surface area (Å²) in [6.45, 7) is 1.68. The zero-order chi connectivity index (χ0) is 27.5. The number of rotatable bonds is 8. The summed E-state index contributed by atoms with van der Waals surface area (Å²) in [7, 11) is -3.49. The molecule has 0 saturated heterocycles. The molecule has 0 aliphatic carbocycles. The van der Waals surface area contributed by atoms with Gasteiger partial charge in [0.1, 0.15) is 17.4 Å². The molecule has 0 radical (unpaired) electrons. The highest BCUT2D eigenvalue weighted by atomic mass is 35.5. The lowest BCUT2D eigenvalue weighted by molar-refractivity contribution is -0.137. The number of benzene rings is 2. The second kappa shape index (κ2) is 11.1. The molecular formula is C24H20Cl2F3N3O4S. The van der Waals surface area contributed by atoms with Crippen molar-refractivity contribution in [2.75, 3.05) is 12.3 Å². The average molecular weight is 574 g/mol. The Kier molecular flexibility index (Phi) is 8.59. The molecule has 0 bridgehead atoms. The van der Waals surface area contributed by atoms with E-state index in [4.69, 9.17) is 23.2 Å². The van der Waals surface area contributed by atoms with Gasteiger partial charge in [0.05, 0.1) is 17.0 Å². The second-order valence-corrected chi connectivity index (χ2v) is 10.8. The fraction of sp³-hybridized carbons (Fsp3) is 0.250. The van der Waals surface area contributed by atoms with Gasteiger partial charge in [0.2, 0.25) is 10.0 Å². The summed E-state index contributed by atoms with van der Waals surface area (Å²) in [5, 5.41) is 20.4. The topological polar surface area (TPSA) is 123 Å². The van der Waals surface area contributed by atoms with Gasteiger partial charge in [-0.3, -0.25) is 4.79 Å². The van der Waals surface area contributed by atoms with Crippen molar-refractivity contribution in [3.05, 3.63) is 73.5 Å². The molecule has 2 aromatic carbocycles. The SMILES string of the molecule is CCCS(=O)(=O)NCCc1cc(Cl)cc(-c2cc(-c3cc(C(F)(F)F)ccc3Cl)c(C#N)c(=O)[nH]2)c1O. The minimum absolute atomic E-state index is 0.0184. The van der Waals surface area contributed by atoms with E-state index in [1.807, 2.05) is 0 Å². The van der Waals surface area contributed by atoms with E-state index in [2.05, 4.69) is 9.71 Å². The van der Waals surface area contributed by atoms with Gasteiger partial charge in [0, 0.05) is 33.3 Å². The van der Waals surface area contributed by atoms with E-state index in [1.54, 1.807) is 13.0 Å². The molecule has 3 N–H and O–H groups in total. The van der Waals surface area contributed by atoms with Crippen LogP contribution in [-0.2, 0) is 22.6 Å². The molecule has 7 nitrogen and oxygen atoms in total. The number of hydrogen-bond acceptors (Lipinski definition) is 5. The molecule has 0 spiro atoms. The number of pyridine rings is 1. The monoisotopic (exact) mass is 573 g/mol. The number of aromatic hydroxyl groups is 1. The predicted octanol–water partition coefficient (Wildman–Crippen LogP) is 5.48. The van der Waals surface area contributed by atoms with Crippen LogP contribution in [0.15, 0.2) is 41.2 Å². The number of nitriles is 1. The summed E-state index contributed by atoms with van der Waals surface area (Å²) in [5.74, 6) is -0.395. The first kappa shape index (κ1) is 28.5. The van der Waals surface area contributed by atoms with E-state index in [1.165, 1.54) is 18.2 Å². The molecule has 196 valence electrons. The van der Waals surface area contributed by atoms with Gasteiger partial charge in [0.15, 0.2) is 0 Å². The van der Waals surface area contributed by atoms with Crippen LogP contribution >= 0.6 is 23.2 Å². The standard InChI is InChI=1S/C24H20Cl2F3N3O4S/c1-2-7-37(35,36)31-6-5-13-8-15(25)10-18(22(13)33)21-11-16(19(12-30)23(34)32-21)17-9-14(24(27,28)29)3-4-20(17)26/h3-4,8-11,31,33H,2,5-7H2,1H3,(H,32,34). The second-order valence-electron chi connectivity index (χ2n) is 8.03. The summed E-state index contributed by atoms with van der Waals surface area (Å²) in [4.78, 5) is 15.2. The van der Waals surface area contributed by atoms with E-state index in [-0.39, 0.29) is 62.5 Å². The molecule has 0 amide bonds. The molecule has 0 aliphatic rings. The van der Waals surface area contributed by atoms with E-state index in [0.717, 1.165) is 18.2 Å². The number of aromatic amines is 1. The van der Waals surface area contributed by atoms with Crippen LogP contribution in [0.2, 0.25) is 10.0 Å². The number of phenolic OH excluding ortho intramolecular Hbond substituents is 1. The third kappa shape index (κ3) is 6.64. The van der Waals surface area contributed by atoms with E-state index < -0.39 is 32.9 Å². The number of aromatic nitrogens is 1. The maximum Gasteiger partial charge on any atom is 0.416 e. The zero-order valence-corrected chi connectivity index (χ0v) is 21.5. The lowest BCUT2D eigenvalue weighted by atomic mass is 9.96. The Morgan fingerprint density at radius 2 is 1.81 bits per heavy atom. The number of hydrogen-bond donors (Lipinski definition) is 3. The van der Waals surface area contributed by atoms with Crippen LogP contribution in [0, 0.1) is 11.3 Å². The molecule has 0 saturated carbocycles. The number of phenols is 1. The fourth-order valence-corrected chi connectivity index (χ4v) is 5.22. The van der Waals surface area contributed by atoms with Crippen LogP contribution in [0.1, 0.15) is 30.0 Å². The van der Waals surface area contributed by atoms with Crippen LogP contribution in [-0.4, -0.2) is 30.8 Å². The fourth-order valence-electron chi connectivity index (χ4n) is 3.67. The predicted molar refractivity (Wildman–Crippen MR) is 135 cm³/mol. The van der Waals surface area contributed by atoms with E-state index in [9.17, 15) is 36.8 Å². The van der Waals surface area contributed by atoms with Gasteiger partial charge in [-0.2, -0.15) is 18.4 Å². The minimum atomic E-state index is -4.70. The summed E-state index contributed by atoms with van der Waals surface area (Å²) >= 11 is 12.3. The van der Waals surface area contributed by atoms with E-state index in [0.29, 0.717) is 6.42 Å². The van der Waals surface area contributed by atoms with Crippen molar-refractivity contribution in [3.63, 3.8) is 0 Å². The molecule has 0 atom stereocenters. The number of H-pyrrole nitrogens is 1. The van der Waals surface area contributed by atoms with Crippen molar-refractivity contribution in [3.8, 4) is 34.2 Å². The van der Waals surface area contributed by atoms with Gasteiger partial charge < -0.3 is 10.1 Å². The normalized spacial score (nSPS) is 11.9. The van der Waals surface area contributed by atoms with Gasteiger partial charge in [0.25, 0.3) is 5.56 Å². The van der Waals surface area contributed by atoms with Crippen molar-refractivity contribution in [2.24, 2.45) is 0 Å². The maximum atomic E-state index is 13.3. The first-order chi connectivity index (χ1) is 17.3. The Hall–Kier alpha value is -3.04. The molecule has 0 fully saturated rings. The Balaban J connectivity index is 2.13. The molecular weight excluding hydrogens is 554 g/mol. The highest BCUT2D eigenvalue weighted by molar-refractivity contribution is 7.89. The third-order valence-corrected chi connectivity index (χ3v) is 7.50. The smallest absolute Gasteiger partial charge is 0.416 e. The molecule has 37 heavy (non-hydrogen) atoms. The van der Waals surface area contributed by atoms with Crippen molar-refractivity contribution in [1.82, 2.24) is 9.71 Å². The Morgan fingerprint density at radius 3 is 2.43 bits per heavy atom. The minimum Gasteiger partial charge on any atom is -0.507 e. The molecule has 3 aromatic rings. The van der Waals surface area contributed by atoms with Crippen LogP contribution in [0.25, 0.3) is 22.4 Å². The van der Waals surface area contributed by atoms with Crippen molar-refractivity contribution >= 4 is 33.2 Å². The van der Waals surface area contributed by atoms with Gasteiger partial charge >= 0.3 is 6.18 Å². The maximum absolute atomic E-state index is 13.3. The number of halogens is 5. The van der Waals surface area contributed by atoms with Gasteiger partial charge in [-0.1, -0.05) is 30.1 Å². The number of sulfonamides is 1. The largest absolute Gasteiger partial charge is 0.507 e. The van der Waals surface area contributed by atoms with Crippen LogP contribution in [0.4, 0.5) is 13.2 Å². The highest BCUT2D eigenvalue weighted by Crippen LogP contribution is 2.39. The first-order valence-corrected chi connectivity index (χ1v) is 13.2. The highest BCUT2D eigenvalue weighted by Gasteiger charge is 2.31. The summed E-state index contributed by atoms with van der Waals surface area (Å²) in [5.41, 5.74) is -2.57. The number of nitrogens with zero attached hydrogens (tertiary/aromatic N) is 1. The number of nitrogens with one attached hydrogen (secondary N) is 2. The van der Waals surface area contributed by atoms with Gasteiger partial charge in [-0.15, -0.1) is 0 Å². The van der Waals surface area contributed by atoms with Crippen LogP contribution in [0.3, 0.4) is 0 Å². The number of alkyl halides is 3. The van der Waals surface area contributed by atoms with Crippen molar-refractivity contribution in [1.29, 1.82) is 5.26 Å². The summed E-state index contributed by atoms with van der Waals surface area (Å²) < 4.78 is 66.2. The summed E-state index contributed by atoms with van der Waals surface area (Å²) in [6.07, 6.45) is -4.23. The molecule has 13 heteroatoms. The lowest BCUT2D eigenvalue weighted by Gasteiger charge is -2.15. The van der Waals surface area contributed by atoms with Gasteiger partial charge in [-0.05, 0) is 54.8 Å². The molecule has 1 heterocycles. The zero-order valence-electron chi connectivity index (χ0n) is 19.2. The third-order valence-electron chi connectivity index (χ3n) is 5.36. The molecule has 3 rings (SSSR count). The van der Waals surface area contributed by atoms with E-state index >= 15 is 0 Å². The van der Waals surface area contributed by atoms with Crippen LogP contribution < -0.4 is 10.3 Å². The summed E-state index contributed by atoms with van der Waals surface area (Å²) in [6, 6.07) is 8.15.